The zero-order chi connectivity index (χ0) is 18.8. The first kappa shape index (κ1) is 17.8. The molecule has 2 N–H and O–H groups in total. The number of hydrogen-bond acceptors (Lipinski definition) is 5. The second kappa shape index (κ2) is 7.05. The van der Waals surface area contributed by atoms with E-state index in [1.807, 2.05) is 6.07 Å². The van der Waals surface area contributed by atoms with Crippen molar-refractivity contribution in [1.29, 1.82) is 5.26 Å². The lowest BCUT2D eigenvalue weighted by atomic mass is 10.1. The summed E-state index contributed by atoms with van der Waals surface area (Å²) in [6.45, 7) is 1.14. The van der Waals surface area contributed by atoms with E-state index in [9.17, 15) is 18.4 Å². The summed E-state index contributed by atoms with van der Waals surface area (Å²) in [6, 6.07) is 3.14. The van der Waals surface area contributed by atoms with E-state index in [1.54, 1.807) is 6.92 Å². The van der Waals surface area contributed by atoms with Crippen molar-refractivity contribution in [3.8, 4) is 6.07 Å². The molecule has 0 saturated heterocycles. The van der Waals surface area contributed by atoms with Crippen LogP contribution in [-0.4, -0.2) is 28.4 Å². The van der Waals surface area contributed by atoms with E-state index in [0.717, 1.165) is 22.3 Å². The molecule has 2 heterocycles. The minimum absolute atomic E-state index is 0.0102. The van der Waals surface area contributed by atoms with E-state index in [4.69, 9.17) is 5.26 Å². The van der Waals surface area contributed by atoms with E-state index in [0.29, 0.717) is 9.88 Å². The first-order chi connectivity index (χ1) is 12.4. The number of halogens is 2. The van der Waals surface area contributed by atoms with Crippen LogP contribution in [0.15, 0.2) is 18.3 Å². The number of fused-ring (bicyclic) bond motifs is 1. The van der Waals surface area contributed by atoms with Crippen LogP contribution >= 0.6 is 11.3 Å². The molecular formula is C16H13F2N5O2S. The fraction of sp³-hybridized carbons (Fsp3) is 0.250. The Morgan fingerprint density at radius 2 is 2.31 bits per heavy atom. The second-order valence-corrected chi connectivity index (χ2v) is 6.70. The molecule has 1 atom stereocenters. The normalized spacial score (nSPS) is 14.2. The number of hydrogen-bond donors (Lipinski definition) is 2. The zero-order valence-corrected chi connectivity index (χ0v) is 14.4. The molecule has 0 unspecified atom stereocenters. The van der Waals surface area contributed by atoms with Gasteiger partial charge in [0.25, 0.3) is 0 Å². The highest BCUT2D eigenvalue weighted by Gasteiger charge is 2.28. The summed E-state index contributed by atoms with van der Waals surface area (Å²) in [5, 5.41) is 14.5. The Morgan fingerprint density at radius 3 is 3.00 bits per heavy atom. The number of aromatic nitrogens is 1. The van der Waals surface area contributed by atoms with Gasteiger partial charge < -0.3 is 15.5 Å². The smallest absolute Gasteiger partial charge is 0.322 e. The fourth-order valence-corrected chi connectivity index (χ4v) is 3.23. The van der Waals surface area contributed by atoms with Crippen molar-refractivity contribution < 1.29 is 18.4 Å². The van der Waals surface area contributed by atoms with E-state index in [2.05, 4.69) is 15.6 Å². The third-order valence-corrected chi connectivity index (χ3v) is 4.87. The zero-order valence-electron chi connectivity index (χ0n) is 13.5. The molecule has 10 heteroatoms. The van der Waals surface area contributed by atoms with E-state index < -0.39 is 29.6 Å². The molecule has 1 aliphatic rings. The number of amides is 3. The lowest BCUT2D eigenvalue weighted by Crippen LogP contribution is -2.45. The number of rotatable bonds is 4. The summed E-state index contributed by atoms with van der Waals surface area (Å²) in [6.07, 6.45) is 1.41. The van der Waals surface area contributed by atoms with Crippen LogP contribution in [0.4, 0.5) is 19.3 Å². The predicted molar refractivity (Wildman–Crippen MR) is 89.2 cm³/mol. The van der Waals surface area contributed by atoms with Gasteiger partial charge in [0.1, 0.15) is 22.5 Å². The molecule has 3 amide bonds. The average molecular weight is 377 g/mol. The molecule has 3 rings (SSSR count). The molecule has 0 fully saturated rings. The van der Waals surface area contributed by atoms with Crippen molar-refractivity contribution in [2.75, 3.05) is 11.9 Å². The Morgan fingerprint density at radius 1 is 1.54 bits per heavy atom. The summed E-state index contributed by atoms with van der Waals surface area (Å²) in [4.78, 5) is 29.8. The van der Waals surface area contributed by atoms with Crippen LogP contribution in [0, 0.1) is 23.0 Å². The molecule has 0 radical (unpaired) electrons. The van der Waals surface area contributed by atoms with Crippen molar-refractivity contribution in [1.82, 2.24) is 15.2 Å². The monoisotopic (exact) mass is 377 g/mol. The lowest BCUT2D eigenvalue weighted by Gasteiger charge is -2.29. The number of anilines is 1. The van der Waals surface area contributed by atoms with Crippen molar-refractivity contribution in [3.05, 3.63) is 45.4 Å². The SMILES string of the molecule is C[C@H](NC(=O)CN1Cc2c(ccc(F)c2F)NC1=O)c1ncc(C#N)s1. The first-order valence-electron chi connectivity index (χ1n) is 7.57. The second-order valence-electron chi connectivity index (χ2n) is 5.64. The Kier molecular flexibility index (Phi) is 4.81. The third-order valence-electron chi connectivity index (χ3n) is 3.79. The summed E-state index contributed by atoms with van der Waals surface area (Å²) in [7, 11) is 0. The van der Waals surface area contributed by atoms with Gasteiger partial charge in [0.05, 0.1) is 24.5 Å². The van der Waals surface area contributed by atoms with Gasteiger partial charge in [-0.25, -0.2) is 18.6 Å². The van der Waals surface area contributed by atoms with E-state index in [-0.39, 0.29) is 24.3 Å². The van der Waals surface area contributed by atoms with Crippen molar-refractivity contribution >= 4 is 29.0 Å². The van der Waals surface area contributed by atoms with Gasteiger partial charge in [-0.3, -0.25) is 4.79 Å². The lowest BCUT2D eigenvalue weighted by molar-refractivity contribution is -0.122. The quantitative estimate of drug-likeness (QED) is 0.855. The summed E-state index contributed by atoms with van der Waals surface area (Å²) >= 11 is 1.15. The minimum Gasteiger partial charge on any atom is -0.346 e. The first-order valence-corrected chi connectivity index (χ1v) is 8.38. The Labute approximate surface area is 151 Å². The minimum atomic E-state index is -1.05. The Bertz CT molecular complexity index is 924. The molecule has 1 aliphatic heterocycles. The molecule has 26 heavy (non-hydrogen) atoms. The highest BCUT2D eigenvalue weighted by molar-refractivity contribution is 7.12. The molecule has 2 aromatic rings. The van der Waals surface area contributed by atoms with Gasteiger partial charge in [-0.15, -0.1) is 11.3 Å². The molecule has 1 aromatic heterocycles. The number of thiazole rings is 1. The van der Waals surface area contributed by atoms with Crippen LogP contribution in [-0.2, 0) is 11.3 Å². The number of urea groups is 1. The van der Waals surface area contributed by atoms with Gasteiger partial charge in [0, 0.05) is 5.56 Å². The molecule has 0 aliphatic carbocycles. The third kappa shape index (κ3) is 3.48. The highest BCUT2D eigenvalue weighted by Crippen LogP contribution is 2.27. The molecule has 0 bridgehead atoms. The number of nitrogens with zero attached hydrogens (tertiary/aromatic N) is 3. The molecule has 134 valence electrons. The Balaban J connectivity index is 1.66. The van der Waals surface area contributed by atoms with Gasteiger partial charge in [-0.2, -0.15) is 5.26 Å². The molecule has 0 saturated carbocycles. The number of nitriles is 1. The number of carbonyl (C=O) groups is 2. The molecular weight excluding hydrogens is 364 g/mol. The maximum atomic E-state index is 13.9. The highest BCUT2D eigenvalue weighted by atomic mass is 32.1. The predicted octanol–water partition coefficient (Wildman–Crippen LogP) is 2.52. The average Bonchev–Trinajstić information content (AvgIpc) is 3.09. The number of nitrogens with one attached hydrogen (secondary N) is 2. The van der Waals surface area contributed by atoms with Crippen molar-refractivity contribution in [2.24, 2.45) is 0 Å². The fourth-order valence-electron chi connectivity index (χ4n) is 2.51. The molecule has 7 nitrogen and oxygen atoms in total. The summed E-state index contributed by atoms with van der Waals surface area (Å²) in [5.74, 6) is -2.55. The number of benzene rings is 1. The molecule has 1 aromatic carbocycles. The topological polar surface area (TPSA) is 98.1 Å². The van der Waals surface area contributed by atoms with Crippen LogP contribution in [0.5, 0.6) is 0 Å². The van der Waals surface area contributed by atoms with Gasteiger partial charge in [0.2, 0.25) is 5.91 Å². The van der Waals surface area contributed by atoms with Gasteiger partial charge >= 0.3 is 6.03 Å². The Hall–Kier alpha value is -3.06. The van der Waals surface area contributed by atoms with Crippen LogP contribution < -0.4 is 10.6 Å². The van der Waals surface area contributed by atoms with Crippen molar-refractivity contribution in [2.45, 2.75) is 19.5 Å². The number of carbonyl (C=O) groups excluding carboxylic acids is 2. The van der Waals surface area contributed by atoms with Crippen LogP contribution in [0.3, 0.4) is 0 Å². The maximum Gasteiger partial charge on any atom is 0.322 e. The maximum absolute atomic E-state index is 13.9. The summed E-state index contributed by atoms with van der Waals surface area (Å²) < 4.78 is 27.3. The van der Waals surface area contributed by atoms with Crippen LogP contribution in [0.1, 0.15) is 28.4 Å². The van der Waals surface area contributed by atoms with Crippen molar-refractivity contribution in [3.63, 3.8) is 0 Å². The van der Waals surface area contributed by atoms with Gasteiger partial charge in [-0.1, -0.05) is 0 Å². The van der Waals surface area contributed by atoms with Gasteiger partial charge in [0.15, 0.2) is 11.6 Å². The van der Waals surface area contributed by atoms with Gasteiger partial charge in [-0.05, 0) is 19.1 Å². The standard InChI is InChI=1S/C16H13F2N5O2S/c1-8(15-20-5-9(4-19)26-15)21-13(24)7-23-6-10-12(22-16(23)25)3-2-11(17)14(10)18/h2-3,5,8H,6-7H2,1H3,(H,21,24)(H,22,25)/t8-/m0/s1. The van der Waals surface area contributed by atoms with E-state index >= 15 is 0 Å². The summed E-state index contributed by atoms with van der Waals surface area (Å²) in [5.41, 5.74) is 0.176. The van der Waals surface area contributed by atoms with Crippen LogP contribution in [0.25, 0.3) is 0 Å². The molecule has 0 spiro atoms. The largest absolute Gasteiger partial charge is 0.346 e. The van der Waals surface area contributed by atoms with Crippen LogP contribution in [0.2, 0.25) is 0 Å². The van der Waals surface area contributed by atoms with E-state index in [1.165, 1.54) is 12.3 Å².